The SMILES string of the molecule is CC(=O)NC(CCS(C)(=O)=O)C(=O)Nc1ccc(C(C)C)cc1. The van der Waals surface area contributed by atoms with Gasteiger partial charge in [0.1, 0.15) is 15.9 Å². The third-order valence-electron chi connectivity index (χ3n) is 3.32. The molecule has 0 saturated heterocycles. The number of carbonyl (C=O) groups is 2. The van der Waals surface area contributed by atoms with E-state index in [-0.39, 0.29) is 18.1 Å². The summed E-state index contributed by atoms with van der Waals surface area (Å²) in [6.07, 6.45) is 1.13. The summed E-state index contributed by atoms with van der Waals surface area (Å²) >= 11 is 0. The molecule has 0 heterocycles. The molecule has 0 radical (unpaired) electrons. The molecule has 0 spiro atoms. The van der Waals surface area contributed by atoms with Gasteiger partial charge in [-0.25, -0.2) is 8.42 Å². The zero-order valence-electron chi connectivity index (χ0n) is 13.9. The average Bonchev–Trinajstić information content (AvgIpc) is 2.42. The summed E-state index contributed by atoms with van der Waals surface area (Å²) in [5.41, 5.74) is 1.76. The molecule has 6 nitrogen and oxygen atoms in total. The fourth-order valence-electron chi connectivity index (χ4n) is 2.03. The molecule has 128 valence electrons. The highest BCUT2D eigenvalue weighted by atomic mass is 32.2. The molecule has 1 unspecified atom stereocenters. The minimum absolute atomic E-state index is 0.0360. The van der Waals surface area contributed by atoms with Gasteiger partial charge in [0.2, 0.25) is 11.8 Å². The van der Waals surface area contributed by atoms with Crippen molar-refractivity contribution < 1.29 is 18.0 Å². The molecule has 1 aromatic carbocycles. The third-order valence-corrected chi connectivity index (χ3v) is 4.29. The van der Waals surface area contributed by atoms with Crippen LogP contribution < -0.4 is 10.6 Å². The predicted octanol–water partition coefficient (Wildman–Crippen LogP) is 1.69. The topological polar surface area (TPSA) is 92.3 Å². The van der Waals surface area contributed by atoms with E-state index in [1.54, 1.807) is 12.1 Å². The summed E-state index contributed by atoms with van der Waals surface area (Å²) in [4.78, 5) is 23.5. The predicted molar refractivity (Wildman–Crippen MR) is 91.1 cm³/mol. The summed E-state index contributed by atoms with van der Waals surface area (Å²) in [7, 11) is -3.21. The lowest BCUT2D eigenvalue weighted by atomic mass is 10.0. The van der Waals surface area contributed by atoms with Crippen LogP contribution in [0.25, 0.3) is 0 Å². The Kier molecular flexibility index (Phi) is 6.75. The van der Waals surface area contributed by atoms with E-state index >= 15 is 0 Å². The molecule has 1 rings (SSSR count). The fourth-order valence-corrected chi connectivity index (χ4v) is 2.69. The smallest absolute Gasteiger partial charge is 0.246 e. The highest BCUT2D eigenvalue weighted by Gasteiger charge is 2.21. The van der Waals surface area contributed by atoms with Crippen LogP contribution in [-0.2, 0) is 19.4 Å². The normalized spacial score (nSPS) is 12.7. The maximum Gasteiger partial charge on any atom is 0.246 e. The van der Waals surface area contributed by atoms with Crippen LogP contribution in [0, 0.1) is 0 Å². The molecular weight excluding hydrogens is 316 g/mol. The van der Waals surface area contributed by atoms with E-state index in [1.165, 1.54) is 6.92 Å². The summed E-state index contributed by atoms with van der Waals surface area (Å²) in [6.45, 7) is 5.44. The number of rotatable bonds is 7. The second-order valence-corrected chi connectivity index (χ2v) is 8.20. The molecule has 0 saturated carbocycles. The lowest BCUT2D eigenvalue weighted by Gasteiger charge is -2.17. The van der Waals surface area contributed by atoms with Crippen molar-refractivity contribution in [1.29, 1.82) is 0 Å². The van der Waals surface area contributed by atoms with Crippen LogP contribution in [0.3, 0.4) is 0 Å². The van der Waals surface area contributed by atoms with Gasteiger partial charge in [0.15, 0.2) is 0 Å². The van der Waals surface area contributed by atoms with Crippen LogP contribution in [0.2, 0.25) is 0 Å². The number of nitrogens with one attached hydrogen (secondary N) is 2. The number of benzene rings is 1. The van der Waals surface area contributed by atoms with E-state index in [0.717, 1.165) is 11.8 Å². The number of hydrogen-bond donors (Lipinski definition) is 2. The molecular formula is C16H24N2O4S. The first-order valence-corrected chi connectivity index (χ1v) is 9.50. The summed E-state index contributed by atoms with van der Waals surface area (Å²) in [6, 6.07) is 6.53. The number of sulfone groups is 1. The van der Waals surface area contributed by atoms with Crippen LogP contribution in [0.1, 0.15) is 38.7 Å². The second kappa shape index (κ2) is 8.10. The Morgan fingerprint density at radius 2 is 1.70 bits per heavy atom. The molecule has 23 heavy (non-hydrogen) atoms. The van der Waals surface area contributed by atoms with Gasteiger partial charge in [-0.1, -0.05) is 26.0 Å². The molecule has 0 fully saturated rings. The Hall–Kier alpha value is -1.89. The first-order chi connectivity index (χ1) is 10.6. The highest BCUT2D eigenvalue weighted by Crippen LogP contribution is 2.17. The van der Waals surface area contributed by atoms with Crippen LogP contribution in [0.15, 0.2) is 24.3 Å². The molecule has 7 heteroatoms. The van der Waals surface area contributed by atoms with Crippen molar-refractivity contribution in [2.45, 2.75) is 39.2 Å². The van der Waals surface area contributed by atoms with Crippen molar-refractivity contribution >= 4 is 27.3 Å². The molecule has 2 amide bonds. The zero-order chi connectivity index (χ0) is 17.6. The van der Waals surface area contributed by atoms with Gasteiger partial charge in [-0.15, -0.1) is 0 Å². The van der Waals surface area contributed by atoms with Gasteiger partial charge in [0.05, 0.1) is 5.75 Å². The molecule has 0 bridgehead atoms. The quantitative estimate of drug-likeness (QED) is 0.790. The molecule has 2 N–H and O–H groups in total. The Morgan fingerprint density at radius 3 is 2.13 bits per heavy atom. The Bertz CT molecular complexity index is 651. The van der Waals surface area contributed by atoms with Gasteiger partial charge in [0, 0.05) is 18.9 Å². The Morgan fingerprint density at radius 1 is 1.13 bits per heavy atom. The van der Waals surface area contributed by atoms with E-state index in [2.05, 4.69) is 24.5 Å². The van der Waals surface area contributed by atoms with E-state index in [9.17, 15) is 18.0 Å². The van der Waals surface area contributed by atoms with Crippen LogP contribution >= 0.6 is 0 Å². The van der Waals surface area contributed by atoms with Crippen molar-refractivity contribution in [3.05, 3.63) is 29.8 Å². The van der Waals surface area contributed by atoms with Crippen molar-refractivity contribution in [3.63, 3.8) is 0 Å². The van der Waals surface area contributed by atoms with E-state index in [4.69, 9.17) is 0 Å². The van der Waals surface area contributed by atoms with Gasteiger partial charge >= 0.3 is 0 Å². The Labute approximate surface area is 137 Å². The average molecular weight is 340 g/mol. The Balaban J connectivity index is 2.77. The molecule has 1 atom stereocenters. The maximum absolute atomic E-state index is 12.3. The van der Waals surface area contributed by atoms with E-state index in [1.807, 2.05) is 12.1 Å². The largest absolute Gasteiger partial charge is 0.345 e. The zero-order valence-corrected chi connectivity index (χ0v) is 14.7. The first kappa shape index (κ1) is 19.2. The summed E-state index contributed by atoms with van der Waals surface area (Å²) in [5.74, 6) is -0.589. The third kappa shape index (κ3) is 7.27. The van der Waals surface area contributed by atoms with Crippen molar-refractivity contribution in [3.8, 4) is 0 Å². The van der Waals surface area contributed by atoms with Crippen molar-refractivity contribution in [1.82, 2.24) is 5.32 Å². The van der Waals surface area contributed by atoms with Gasteiger partial charge in [0.25, 0.3) is 0 Å². The van der Waals surface area contributed by atoms with Crippen molar-refractivity contribution in [2.24, 2.45) is 0 Å². The standard InChI is InChI=1S/C16H24N2O4S/c1-11(2)13-5-7-14(8-6-13)18-16(20)15(17-12(3)19)9-10-23(4,21)22/h5-8,11,15H,9-10H2,1-4H3,(H,17,19)(H,18,20). The minimum Gasteiger partial charge on any atom is -0.345 e. The molecule has 0 aliphatic heterocycles. The van der Waals surface area contributed by atoms with Gasteiger partial charge in [-0.2, -0.15) is 0 Å². The lowest BCUT2D eigenvalue weighted by Crippen LogP contribution is -2.43. The fraction of sp³-hybridized carbons (Fsp3) is 0.500. The first-order valence-electron chi connectivity index (χ1n) is 7.44. The summed E-state index contributed by atoms with van der Waals surface area (Å²) < 4.78 is 22.5. The van der Waals surface area contributed by atoms with Crippen molar-refractivity contribution in [2.75, 3.05) is 17.3 Å². The second-order valence-electron chi connectivity index (χ2n) is 5.94. The molecule has 0 aliphatic rings. The number of anilines is 1. The van der Waals surface area contributed by atoms with Crippen LogP contribution in [0.4, 0.5) is 5.69 Å². The minimum atomic E-state index is -3.21. The van der Waals surface area contributed by atoms with Gasteiger partial charge in [-0.3, -0.25) is 9.59 Å². The van der Waals surface area contributed by atoms with Crippen LogP contribution in [0.5, 0.6) is 0 Å². The molecule has 0 aromatic heterocycles. The number of amides is 2. The monoisotopic (exact) mass is 340 g/mol. The summed E-state index contributed by atoms with van der Waals surface area (Å²) in [5, 5.41) is 5.19. The number of hydrogen-bond acceptors (Lipinski definition) is 4. The van der Waals surface area contributed by atoms with E-state index < -0.39 is 21.8 Å². The van der Waals surface area contributed by atoms with Gasteiger partial charge in [-0.05, 0) is 30.0 Å². The van der Waals surface area contributed by atoms with E-state index in [0.29, 0.717) is 11.6 Å². The number of carbonyl (C=O) groups excluding carboxylic acids is 2. The molecule has 0 aliphatic carbocycles. The molecule has 1 aromatic rings. The van der Waals surface area contributed by atoms with Gasteiger partial charge < -0.3 is 10.6 Å². The van der Waals surface area contributed by atoms with Crippen LogP contribution in [-0.4, -0.2) is 38.3 Å². The highest BCUT2D eigenvalue weighted by molar-refractivity contribution is 7.90. The maximum atomic E-state index is 12.3. The lowest BCUT2D eigenvalue weighted by molar-refractivity contribution is -0.125.